The second-order valence-electron chi connectivity index (χ2n) is 5.16. The van der Waals surface area contributed by atoms with Gasteiger partial charge in [0.05, 0.1) is 18.8 Å². The van der Waals surface area contributed by atoms with Crippen molar-refractivity contribution in [2.24, 2.45) is 5.73 Å². The van der Waals surface area contributed by atoms with Crippen LogP contribution in [0, 0.1) is 13.8 Å². The van der Waals surface area contributed by atoms with Gasteiger partial charge in [0.2, 0.25) is 5.91 Å². The SMILES string of the molecule is COCCN(Cc1cccs1)C(=O)[C@H](N)c1c(C)n[nH]c1C. The highest BCUT2D eigenvalue weighted by Gasteiger charge is 2.26. The number of aryl methyl sites for hydroxylation is 2. The standard InChI is InChI=1S/C15H22N4O2S/c1-10-13(11(2)18-17-10)14(16)15(20)19(6-7-21-3)9-12-5-4-8-22-12/h4-5,8,14H,6-7,9,16H2,1-3H3,(H,17,18)/t14-/m1/s1. The van der Waals surface area contributed by atoms with E-state index in [4.69, 9.17) is 10.5 Å². The van der Waals surface area contributed by atoms with Crippen LogP contribution in [0.2, 0.25) is 0 Å². The molecule has 2 aromatic heterocycles. The fraction of sp³-hybridized carbons (Fsp3) is 0.467. The first-order valence-corrected chi connectivity index (χ1v) is 7.99. The van der Waals surface area contributed by atoms with Gasteiger partial charge in [0.25, 0.3) is 0 Å². The zero-order valence-corrected chi connectivity index (χ0v) is 13.9. The Kier molecular flexibility index (Phi) is 5.70. The number of amides is 1. The Labute approximate surface area is 134 Å². The van der Waals surface area contributed by atoms with Crippen LogP contribution in [0.15, 0.2) is 17.5 Å². The summed E-state index contributed by atoms with van der Waals surface area (Å²) >= 11 is 1.62. The molecule has 0 aliphatic rings. The third-order valence-corrected chi connectivity index (χ3v) is 4.43. The molecule has 2 rings (SSSR count). The van der Waals surface area contributed by atoms with Gasteiger partial charge in [0, 0.05) is 29.8 Å². The Morgan fingerprint density at radius 1 is 1.55 bits per heavy atom. The van der Waals surface area contributed by atoms with Crippen LogP contribution < -0.4 is 5.73 Å². The van der Waals surface area contributed by atoms with Gasteiger partial charge in [-0.2, -0.15) is 5.10 Å². The molecule has 0 unspecified atom stereocenters. The normalized spacial score (nSPS) is 12.4. The predicted octanol–water partition coefficient (Wildman–Crippen LogP) is 1.76. The molecule has 0 saturated carbocycles. The summed E-state index contributed by atoms with van der Waals surface area (Å²) in [7, 11) is 1.62. The molecule has 7 heteroatoms. The molecule has 0 radical (unpaired) electrons. The molecule has 0 saturated heterocycles. The highest BCUT2D eigenvalue weighted by atomic mass is 32.1. The van der Waals surface area contributed by atoms with Crippen molar-refractivity contribution in [3.63, 3.8) is 0 Å². The first-order valence-electron chi connectivity index (χ1n) is 7.11. The van der Waals surface area contributed by atoms with Crippen LogP contribution in [-0.4, -0.2) is 41.3 Å². The smallest absolute Gasteiger partial charge is 0.244 e. The molecule has 22 heavy (non-hydrogen) atoms. The summed E-state index contributed by atoms with van der Waals surface area (Å²) in [5.74, 6) is -0.113. The maximum Gasteiger partial charge on any atom is 0.244 e. The lowest BCUT2D eigenvalue weighted by atomic mass is 10.0. The Morgan fingerprint density at radius 3 is 2.86 bits per heavy atom. The number of aromatic amines is 1. The topological polar surface area (TPSA) is 84.2 Å². The van der Waals surface area contributed by atoms with Crippen LogP contribution in [-0.2, 0) is 16.1 Å². The van der Waals surface area contributed by atoms with Crippen molar-refractivity contribution in [2.45, 2.75) is 26.4 Å². The lowest BCUT2D eigenvalue weighted by molar-refractivity contribution is -0.134. The minimum Gasteiger partial charge on any atom is -0.383 e. The maximum absolute atomic E-state index is 12.8. The number of ether oxygens (including phenoxy) is 1. The van der Waals surface area contributed by atoms with E-state index in [1.807, 2.05) is 31.4 Å². The number of methoxy groups -OCH3 is 1. The minimum atomic E-state index is -0.712. The number of nitrogens with two attached hydrogens (primary N) is 1. The number of aromatic nitrogens is 2. The molecule has 6 nitrogen and oxygen atoms in total. The van der Waals surface area contributed by atoms with Crippen LogP contribution in [0.25, 0.3) is 0 Å². The zero-order chi connectivity index (χ0) is 16.1. The molecule has 0 aliphatic carbocycles. The number of hydrogen-bond acceptors (Lipinski definition) is 5. The van der Waals surface area contributed by atoms with Crippen LogP contribution in [0.1, 0.15) is 27.9 Å². The van der Waals surface area contributed by atoms with Gasteiger partial charge < -0.3 is 15.4 Å². The molecule has 0 aliphatic heterocycles. The van der Waals surface area contributed by atoms with Crippen LogP contribution in [0.5, 0.6) is 0 Å². The average molecular weight is 322 g/mol. The number of thiophene rings is 1. The van der Waals surface area contributed by atoms with Gasteiger partial charge in [-0.1, -0.05) is 6.07 Å². The fourth-order valence-electron chi connectivity index (χ4n) is 2.40. The molecule has 0 fully saturated rings. The summed E-state index contributed by atoms with van der Waals surface area (Å²) in [6, 6.07) is 3.27. The number of hydrogen-bond donors (Lipinski definition) is 2. The lowest BCUT2D eigenvalue weighted by Gasteiger charge is -2.25. The number of nitrogens with zero attached hydrogens (tertiary/aromatic N) is 2. The largest absolute Gasteiger partial charge is 0.383 e. The Bertz CT molecular complexity index is 590. The van der Waals surface area contributed by atoms with Gasteiger partial charge in [0.1, 0.15) is 6.04 Å². The highest BCUT2D eigenvalue weighted by Crippen LogP contribution is 2.21. The van der Waals surface area contributed by atoms with Crippen molar-refractivity contribution in [3.8, 4) is 0 Å². The quantitative estimate of drug-likeness (QED) is 0.813. The summed E-state index contributed by atoms with van der Waals surface area (Å²) in [6.45, 7) is 5.26. The van der Waals surface area contributed by atoms with Crippen molar-refractivity contribution in [3.05, 3.63) is 39.3 Å². The number of nitrogens with one attached hydrogen (secondary N) is 1. The van der Waals surface area contributed by atoms with Gasteiger partial charge in [0.15, 0.2) is 0 Å². The summed E-state index contributed by atoms with van der Waals surface area (Å²) in [6.07, 6.45) is 0. The van der Waals surface area contributed by atoms with Crippen LogP contribution >= 0.6 is 11.3 Å². The Morgan fingerprint density at radius 2 is 2.32 bits per heavy atom. The second-order valence-corrected chi connectivity index (χ2v) is 6.19. The fourth-order valence-corrected chi connectivity index (χ4v) is 3.12. The van der Waals surface area contributed by atoms with E-state index in [2.05, 4.69) is 10.2 Å². The molecule has 2 aromatic rings. The second kappa shape index (κ2) is 7.53. The maximum atomic E-state index is 12.8. The molecule has 1 atom stereocenters. The molecule has 0 spiro atoms. The monoisotopic (exact) mass is 322 g/mol. The molecule has 0 bridgehead atoms. The number of carbonyl (C=O) groups excluding carboxylic acids is 1. The van der Waals surface area contributed by atoms with Gasteiger partial charge >= 0.3 is 0 Å². The molecule has 0 aromatic carbocycles. The van der Waals surface area contributed by atoms with E-state index in [1.165, 1.54) is 0 Å². The van der Waals surface area contributed by atoms with E-state index in [-0.39, 0.29) is 5.91 Å². The molecule has 120 valence electrons. The summed E-state index contributed by atoms with van der Waals surface area (Å²) < 4.78 is 5.11. The Balaban J connectivity index is 2.17. The summed E-state index contributed by atoms with van der Waals surface area (Å²) in [5, 5.41) is 8.99. The van der Waals surface area contributed by atoms with Gasteiger partial charge in [-0.15, -0.1) is 11.3 Å². The molecule has 2 heterocycles. The minimum absolute atomic E-state index is 0.113. The summed E-state index contributed by atoms with van der Waals surface area (Å²) in [4.78, 5) is 15.7. The third-order valence-electron chi connectivity index (χ3n) is 3.57. The number of H-pyrrole nitrogens is 1. The molecular weight excluding hydrogens is 300 g/mol. The van der Waals surface area contributed by atoms with Crippen molar-refractivity contribution in [2.75, 3.05) is 20.3 Å². The predicted molar refractivity (Wildman–Crippen MR) is 86.6 cm³/mol. The molecule has 3 N–H and O–H groups in total. The van der Waals surface area contributed by atoms with Crippen molar-refractivity contribution in [1.29, 1.82) is 0 Å². The lowest BCUT2D eigenvalue weighted by Crippen LogP contribution is -2.40. The van der Waals surface area contributed by atoms with E-state index in [1.54, 1.807) is 23.3 Å². The van der Waals surface area contributed by atoms with Crippen LogP contribution in [0.3, 0.4) is 0 Å². The van der Waals surface area contributed by atoms with Crippen molar-refractivity contribution in [1.82, 2.24) is 15.1 Å². The first-order chi connectivity index (χ1) is 10.5. The van der Waals surface area contributed by atoms with E-state index in [0.29, 0.717) is 19.7 Å². The van der Waals surface area contributed by atoms with Crippen LogP contribution in [0.4, 0.5) is 0 Å². The van der Waals surface area contributed by atoms with E-state index in [0.717, 1.165) is 21.8 Å². The third kappa shape index (κ3) is 3.73. The van der Waals surface area contributed by atoms with Crippen molar-refractivity contribution < 1.29 is 9.53 Å². The van der Waals surface area contributed by atoms with E-state index >= 15 is 0 Å². The highest BCUT2D eigenvalue weighted by molar-refractivity contribution is 7.09. The van der Waals surface area contributed by atoms with Gasteiger partial charge in [-0.05, 0) is 25.3 Å². The molecule has 1 amide bonds. The summed E-state index contributed by atoms with van der Waals surface area (Å²) in [5.41, 5.74) is 8.57. The zero-order valence-electron chi connectivity index (χ0n) is 13.1. The molecular formula is C15H22N4O2S. The number of rotatable bonds is 7. The number of carbonyl (C=O) groups is 1. The van der Waals surface area contributed by atoms with Crippen molar-refractivity contribution >= 4 is 17.2 Å². The first kappa shape index (κ1) is 16.7. The van der Waals surface area contributed by atoms with E-state index < -0.39 is 6.04 Å². The Hall–Kier alpha value is -1.70. The van der Waals surface area contributed by atoms with Gasteiger partial charge in [-0.3, -0.25) is 9.89 Å². The average Bonchev–Trinajstić information content (AvgIpc) is 3.12. The van der Waals surface area contributed by atoms with E-state index in [9.17, 15) is 4.79 Å². The van der Waals surface area contributed by atoms with Gasteiger partial charge in [-0.25, -0.2) is 0 Å².